The number of nitrogens with one attached hydrogen (secondary N) is 2. The van der Waals surface area contributed by atoms with E-state index in [0.717, 1.165) is 5.56 Å². The highest BCUT2D eigenvalue weighted by atomic mass is 19.3. The van der Waals surface area contributed by atoms with Gasteiger partial charge in [0.1, 0.15) is 17.6 Å². The van der Waals surface area contributed by atoms with E-state index < -0.39 is 24.7 Å². The largest absolute Gasteiger partial charge is 0.467 e. The van der Waals surface area contributed by atoms with Crippen molar-refractivity contribution < 1.29 is 32.3 Å². The smallest absolute Gasteiger partial charge is 0.387 e. The van der Waals surface area contributed by atoms with Gasteiger partial charge in [-0.3, -0.25) is 4.90 Å². The lowest BCUT2D eigenvalue weighted by Crippen LogP contribution is -2.48. The van der Waals surface area contributed by atoms with E-state index >= 15 is 0 Å². The van der Waals surface area contributed by atoms with Crippen molar-refractivity contribution in [2.24, 2.45) is 0 Å². The lowest BCUT2D eigenvalue weighted by Gasteiger charge is -2.30. The molecule has 3 rings (SSSR count). The predicted octanol–water partition coefficient (Wildman–Crippen LogP) is 3.18. The lowest BCUT2D eigenvalue weighted by atomic mass is 10.00. The summed E-state index contributed by atoms with van der Waals surface area (Å²) < 4.78 is 39.5. The summed E-state index contributed by atoms with van der Waals surface area (Å²) in [5, 5.41) is 5.37. The first-order valence-corrected chi connectivity index (χ1v) is 9.60. The SMILES string of the molecule is CCOC(=O)C1=C(CN(C)Cc2ccc(OC(F)F)cc2)NC(=O)NC1c1ccco1. The molecule has 1 aliphatic rings. The quantitative estimate of drug-likeness (QED) is 0.588. The molecule has 0 saturated heterocycles. The predicted molar refractivity (Wildman–Crippen MR) is 106 cm³/mol. The zero-order valence-electron chi connectivity index (χ0n) is 17.1. The Morgan fingerprint density at radius 1 is 1.23 bits per heavy atom. The van der Waals surface area contributed by atoms with Crippen molar-refractivity contribution in [3.63, 3.8) is 0 Å². The van der Waals surface area contributed by atoms with Gasteiger partial charge < -0.3 is 24.5 Å². The van der Waals surface area contributed by atoms with Crippen LogP contribution in [0.4, 0.5) is 13.6 Å². The zero-order chi connectivity index (χ0) is 22.4. The van der Waals surface area contributed by atoms with Crippen molar-refractivity contribution >= 4 is 12.0 Å². The number of alkyl halides is 2. The second kappa shape index (κ2) is 10.1. The van der Waals surface area contributed by atoms with Crippen molar-refractivity contribution in [2.45, 2.75) is 26.1 Å². The van der Waals surface area contributed by atoms with Crippen molar-refractivity contribution in [2.75, 3.05) is 20.2 Å². The van der Waals surface area contributed by atoms with Crippen molar-refractivity contribution in [1.82, 2.24) is 15.5 Å². The number of ether oxygens (including phenoxy) is 2. The van der Waals surface area contributed by atoms with Gasteiger partial charge in [0.2, 0.25) is 0 Å². The molecule has 166 valence electrons. The molecule has 2 N–H and O–H groups in total. The van der Waals surface area contributed by atoms with Gasteiger partial charge in [0.25, 0.3) is 0 Å². The number of carbonyl (C=O) groups is 2. The van der Waals surface area contributed by atoms with Gasteiger partial charge >= 0.3 is 18.6 Å². The lowest BCUT2D eigenvalue weighted by molar-refractivity contribution is -0.139. The molecule has 8 nitrogen and oxygen atoms in total. The van der Waals surface area contributed by atoms with Gasteiger partial charge in [0.15, 0.2) is 0 Å². The second-order valence-electron chi connectivity index (χ2n) is 6.85. The third kappa shape index (κ3) is 5.82. The summed E-state index contributed by atoms with van der Waals surface area (Å²) in [6.45, 7) is -0.343. The van der Waals surface area contributed by atoms with E-state index in [2.05, 4.69) is 15.4 Å². The maximum atomic E-state index is 12.7. The molecular weight excluding hydrogens is 412 g/mol. The minimum atomic E-state index is -2.88. The molecule has 2 heterocycles. The molecule has 1 aromatic heterocycles. The molecule has 2 amide bonds. The Morgan fingerprint density at radius 2 is 1.97 bits per heavy atom. The summed E-state index contributed by atoms with van der Waals surface area (Å²) in [6, 6.07) is 8.33. The number of nitrogens with zero attached hydrogens (tertiary/aromatic N) is 1. The molecule has 0 aliphatic carbocycles. The summed E-state index contributed by atoms with van der Waals surface area (Å²) in [5.74, 6) is -0.0819. The number of carbonyl (C=O) groups excluding carboxylic acids is 2. The van der Waals surface area contributed by atoms with E-state index in [1.54, 1.807) is 38.2 Å². The molecule has 0 fully saturated rings. The molecule has 1 atom stereocenters. The Hall–Kier alpha value is -3.40. The van der Waals surface area contributed by atoms with E-state index in [9.17, 15) is 18.4 Å². The summed E-state index contributed by atoms with van der Waals surface area (Å²) >= 11 is 0. The molecule has 1 aromatic carbocycles. The molecular formula is C21H23F2N3O5. The molecule has 0 spiro atoms. The van der Waals surface area contributed by atoms with Gasteiger partial charge in [-0.2, -0.15) is 8.78 Å². The molecule has 0 bridgehead atoms. The Bertz CT molecular complexity index is 929. The van der Waals surface area contributed by atoms with Crippen LogP contribution >= 0.6 is 0 Å². The standard InChI is InChI=1S/C21H23F2N3O5/c1-3-29-19(27)17-15(24-21(28)25-18(17)16-5-4-10-30-16)12-26(2)11-13-6-8-14(9-7-13)31-20(22)23/h4-10,18,20H,3,11-12H2,1-2H3,(H2,24,25,28). The fourth-order valence-electron chi connectivity index (χ4n) is 3.28. The van der Waals surface area contributed by atoms with Gasteiger partial charge in [-0.1, -0.05) is 12.1 Å². The first-order chi connectivity index (χ1) is 14.9. The fraction of sp³-hybridized carbons (Fsp3) is 0.333. The Labute approximate surface area is 177 Å². The van der Waals surface area contributed by atoms with Gasteiger partial charge in [0.05, 0.1) is 18.4 Å². The van der Waals surface area contributed by atoms with Crippen LogP contribution in [0.1, 0.15) is 24.3 Å². The van der Waals surface area contributed by atoms with Crippen LogP contribution in [-0.4, -0.2) is 43.7 Å². The molecule has 0 radical (unpaired) electrons. The number of likely N-dealkylation sites (N-methyl/N-ethyl adjacent to an activating group) is 1. The minimum Gasteiger partial charge on any atom is -0.467 e. The fourth-order valence-corrected chi connectivity index (χ4v) is 3.28. The monoisotopic (exact) mass is 435 g/mol. The van der Waals surface area contributed by atoms with E-state index in [1.807, 2.05) is 4.90 Å². The number of amides is 2. The maximum absolute atomic E-state index is 12.7. The Balaban J connectivity index is 1.80. The average molecular weight is 435 g/mol. The van der Waals surface area contributed by atoms with Crippen LogP contribution in [0.25, 0.3) is 0 Å². The van der Waals surface area contributed by atoms with Crippen LogP contribution < -0.4 is 15.4 Å². The highest BCUT2D eigenvalue weighted by Crippen LogP contribution is 2.28. The highest BCUT2D eigenvalue weighted by Gasteiger charge is 2.35. The third-order valence-corrected chi connectivity index (χ3v) is 4.51. The minimum absolute atomic E-state index is 0.0700. The molecule has 10 heteroatoms. The number of urea groups is 1. The van der Waals surface area contributed by atoms with Gasteiger partial charge in [-0.25, -0.2) is 9.59 Å². The van der Waals surface area contributed by atoms with E-state index in [1.165, 1.54) is 18.4 Å². The summed E-state index contributed by atoms with van der Waals surface area (Å²) in [7, 11) is 1.80. The van der Waals surface area contributed by atoms with Gasteiger partial charge in [-0.15, -0.1) is 0 Å². The van der Waals surface area contributed by atoms with Crippen molar-refractivity contribution in [1.29, 1.82) is 0 Å². The maximum Gasteiger partial charge on any atom is 0.387 e. The van der Waals surface area contributed by atoms with Crippen molar-refractivity contribution in [3.8, 4) is 5.75 Å². The number of benzene rings is 1. The first kappa shape index (κ1) is 22.3. The average Bonchev–Trinajstić information content (AvgIpc) is 3.23. The second-order valence-corrected chi connectivity index (χ2v) is 6.85. The zero-order valence-corrected chi connectivity index (χ0v) is 17.1. The number of esters is 1. The van der Waals surface area contributed by atoms with Crippen LogP contribution in [0.15, 0.2) is 58.3 Å². The van der Waals surface area contributed by atoms with Crippen LogP contribution in [0.2, 0.25) is 0 Å². The topological polar surface area (TPSA) is 93.0 Å². The highest BCUT2D eigenvalue weighted by molar-refractivity contribution is 5.95. The van der Waals surface area contributed by atoms with Crippen LogP contribution in [-0.2, 0) is 16.1 Å². The summed E-state index contributed by atoms with van der Waals surface area (Å²) in [6.07, 6.45) is 1.46. The van der Waals surface area contributed by atoms with Crippen molar-refractivity contribution in [3.05, 3.63) is 65.3 Å². The molecule has 0 saturated carbocycles. The van der Waals surface area contributed by atoms with Gasteiger partial charge in [-0.05, 0) is 43.8 Å². The first-order valence-electron chi connectivity index (χ1n) is 9.60. The normalized spacial score (nSPS) is 16.3. The Kier molecular flexibility index (Phi) is 7.24. The van der Waals surface area contributed by atoms with E-state index in [-0.39, 0.29) is 24.5 Å². The van der Waals surface area contributed by atoms with E-state index in [4.69, 9.17) is 9.15 Å². The number of rotatable bonds is 9. The summed E-state index contributed by atoms with van der Waals surface area (Å²) in [5.41, 5.74) is 1.48. The molecule has 1 aliphatic heterocycles. The number of hydrogen-bond donors (Lipinski definition) is 2. The van der Waals surface area contributed by atoms with Crippen LogP contribution in [0.5, 0.6) is 5.75 Å². The van der Waals surface area contributed by atoms with E-state index in [0.29, 0.717) is 18.0 Å². The summed E-state index contributed by atoms with van der Waals surface area (Å²) in [4.78, 5) is 26.8. The third-order valence-electron chi connectivity index (χ3n) is 4.51. The number of halogens is 2. The molecule has 1 unspecified atom stereocenters. The Morgan fingerprint density at radius 3 is 2.58 bits per heavy atom. The molecule has 2 aromatic rings. The molecule has 31 heavy (non-hydrogen) atoms. The number of furan rings is 1. The van der Waals surface area contributed by atoms with Crippen LogP contribution in [0.3, 0.4) is 0 Å². The van der Waals surface area contributed by atoms with Crippen LogP contribution in [0, 0.1) is 0 Å². The van der Waals surface area contributed by atoms with Gasteiger partial charge in [0, 0.05) is 18.8 Å². The number of hydrogen-bond acceptors (Lipinski definition) is 6.